The number of likely N-dealkylation sites (tertiary alicyclic amines) is 1. The number of hydrogen-bond donors (Lipinski definition) is 2. The number of aromatic hydroxyl groups is 1. The predicted octanol–water partition coefficient (Wildman–Crippen LogP) is 5.51. The Morgan fingerprint density at radius 3 is 2.60 bits per heavy atom. The number of piperidine rings is 1. The van der Waals surface area contributed by atoms with Gasteiger partial charge >= 0.3 is 6.18 Å². The van der Waals surface area contributed by atoms with Crippen molar-refractivity contribution in [2.45, 2.75) is 25.6 Å². The van der Waals surface area contributed by atoms with Crippen molar-refractivity contribution in [3.63, 3.8) is 0 Å². The second-order valence-corrected chi connectivity index (χ2v) is 7.88. The highest BCUT2D eigenvalue weighted by Crippen LogP contribution is 2.35. The molecule has 158 valence electrons. The van der Waals surface area contributed by atoms with Crippen LogP contribution in [0.2, 0.25) is 5.02 Å². The number of aromatic nitrogens is 2. The van der Waals surface area contributed by atoms with Crippen molar-refractivity contribution in [3.05, 3.63) is 53.3 Å². The standard InChI is InChI=1S/C21H20ClF3N4O/c22-15-1-3-17-18(10-15)26-12-27-20(17)28-16-2-4-19(30)13(9-16)11-29-7-5-14(6-8-29)21(23,24)25/h1-4,9-10,12,14,30H,5-8,11H2,(H,26,27,28). The summed E-state index contributed by atoms with van der Waals surface area (Å²) < 4.78 is 38.6. The van der Waals surface area contributed by atoms with Gasteiger partial charge in [-0.1, -0.05) is 11.6 Å². The maximum absolute atomic E-state index is 12.9. The first kappa shape index (κ1) is 20.7. The van der Waals surface area contributed by atoms with Crippen LogP contribution in [0.4, 0.5) is 24.7 Å². The quantitative estimate of drug-likeness (QED) is 0.528. The van der Waals surface area contributed by atoms with Crippen molar-refractivity contribution in [3.8, 4) is 5.75 Å². The van der Waals surface area contributed by atoms with Gasteiger partial charge in [-0.2, -0.15) is 13.2 Å². The fourth-order valence-electron chi connectivity index (χ4n) is 3.72. The zero-order valence-electron chi connectivity index (χ0n) is 16.0. The van der Waals surface area contributed by atoms with E-state index < -0.39 is 12.1 Å². The Labute approximate surface area is 176 Å². The molecule has 30 heavy (non-hydrogen) atoms. The third kappa shape index (κ3) is 4.60. The van der Waals surface area contributed by atoms with E-state index in [0.29, 0.717) is 47.2 Å². The molecule has 1 aromatic heterocycles. The van der Waals surface area contributed by atoms with Crippen molar-refractivity contribution < 1.29 is 18.3 Å². The second kappa shape index (κ2) is 8.28. The van der Waals surface area contributed by atoms with E-state index in [0.717, 1.165) is 5.39 Å². The van der Waals surface area contributed by atoms with Crippen LogP contribution in [0, 0.1) is 5.92 Å². The van der Waals surface area contributed by atoms with Crippen molar-refractivity contribution in [2.24, 2.45) is 5.92 Å². The molecule has 3 aromatic rings. The summed E-state index contributed by atoms with van der Waals surface area (Å²) in [5.41, 5.74) is 2.06. The van der Waals surface area contributed by atoms with Gasteiger partial charge in [0.25, 0.3) is 0 Å². The van der Waals surface area contributed by atoms with Crippen molar-refractivity contribution >= 4 is 34.0 Å². The molecule has 1 fully saturated rings. The molecule has 0 bridgehead atoms. The molecule has 1 aliphatic rings. The summed E-state index contributed by atoms with van der Waals surface area (Å²) in [6.07, 6.45) is -2.54. The third-order valence-electron chi connectivity index (χ3n) is 5.39. The monoisotopic (exact) mass is 436 g/mol. The first-order valence-corrected chi connectivity index (χ1v) is 9.95. The van der Waals surface area contributed by atoms with Crippen LogP contribution < -0.4 is 5.32 Å². The predicted molar refractivity (Wildman–Crippen MR) is 110 cm³/mol. The SMILES string of the molecule is Oc1ccc(Nc2ncnc3cc(Cl)ccc23)cc1CN1CCC(C(F)(F)F)CC1. The van der Waals surface area contributed by atoms with E-state index in [9.17, 15) is 18.3 Å². The highest BCUT2D eigenvalue weighted by molar-refractivity contribution is 6.31. The highest BCUT2D eigenvalue weighted by atomic mass is 35.5. The van der Waals surface area contributed by atoms with E-state index in [-0.39, 0.29) is 18.6 Å². The maximum atomic E-state index is 12.9. The van der Waals surface area contributed by atoms with E-state index in [4.69, 9.17) is 11.6 Å². The number of benzene rings is 2. The molecule has 0 saturated carbocycles. The lowest BCUT2D eigenvalue weighted by Gasteiger charge is -2.33. The van der Waals surface area contributed by atoms with E-state index in [2.05, 4.69) is 15.3 Å². The minimum absolute atomic E-state index is 0.0810. The lowest BCUT2D eigenvalue weighted by molar-refractivity contribution is -0.185. The molecule has 2 heterocycles. The minimum Gasteiger partial charge on any atom is -0.508 e. The van der Waals surface area contributed by atoms with Crippen LogP contribution in [-0.4, -0.2) is 39.2 Å². The Balaban J connectivity index is 1.49. The van der Waals surface area contributed by atoms with Crippen molar-refractivity contribution in [1.82, 2.24) is 14.9 Å². The first-order chi connectivity index (χ1) is 14.3. The smallest absolute Gasteiger partial charge is 0.391 e. The van der Waals surface area contributed by atoms with Gasteiger partial charge in [0.05, 0.1) is 11.4 Å². The van der Waals surface area contributed by atoms with Gasteiger partial charge in [0.15, 0.2) is 0 Å². The average Bonchev–Trinajstić information content (AvgIpc) is 2.70. The Bertz CT molecular complexity index is 1050. The third-order valence-corrected chi connectivity index (χ3v) is 5.62. The van der Waals surface area contributed by atoms with Gasteiger partial charge in [-0.15, -0.1) is 0 Å². The summed E-state index contributed by atoms with van der Waals surface area (Å²) in [4.78, 5) is 10.4. The van der Waals surface area contributed by atoms with Crippen LogP contribution in [0.5, 0.6) is 5.75 Å². The number of anilines is 2. The molecule has 4 rings (SSSR count). The van der Waals surface area contributed by atoms with Gasteiger partial charge in [-0.3, -0.25) is 4.90 Å². The highest BCUT2D eigenvalue weighted by Gasteiger charge is 2.41. The lowest BCUT2D eigenvalue weighted by Crippen LogP contribution is -2.38. The van der Waals surface area contributed by atoms with Crippen LogP contribution in [0.1, 0.15) is 18.4 Å². The Kier molecular flexibility index (Phi) is 5.71. The van der Waals surface area contributed by atoms with Crippen LogP contribution >= 0.6 is 11.6 Å². The first-order valence-electron chi connectivity index (χ1n) is 9.58. The molecule has 1 saturated heterocycles. The number of phenols is 1. The van der Waals surface area contributed by atoms with Crippen molar-refractivity contribution in [2.75, 3.05) is 18.4 Å². The molecule has 0 radical (unpaired) electrons. The van der Waals surface area contributed by atoms with E-state index in [1.54, 1.807) is 30.3 Å². The fraction of sp³-hybridized carbons (Fsp3) is 0.333. The molecule has 5 nitrogen and oxygen atoms in total. The second-order valence-electron chi connectivity index (χ2n) is 7.44. The molecule has 0 aliphatic carbocycles. The summed E-state index contributed by atoms with van der Waals surface area (Å²) in [6, 6.07) is 10.4. The Morgan fingerprint density at radius 1 is 1.10 bits per heavy atom. The largest absolute Gasteiger partial charge is 0.508 e. The number of phenolic OH excluding ortho intramolecular Hbond substituents is 1. The van der Waals surface area contributed by atoms with E-state index in [1.807, 2.05) is 11.0 Å². The van der Waals surface area contributed by atoms with Crippen LogP contribution in [0.15, 0.2) is 42.7 Å². The van der Waals surface area contributed by atoms with Gasteiger partial charge in [-0.25, -0.2) is 9.97 Å². The summed E-state index contributed by atoms with van der Waals surface area (Å²) in [7, 11) is 0. The van der Waals surface area contributed by atoms with Gasteiger partial charge in [0.1, 0.15) is 17.9 Å². The molecular formula is C21H20ClF3N4O. The number of hydrogen-bond acceptors (Lipinski definition) is 5. The van der Waals surface area contributed by atoms with Crippen LogP contribution in [0.25, 0.3) is 10.9 Å². The van der Waals surface area contributed by atoms with E-state index in [1.165, 1.54) is 6.33 Å². The molecule has 0 atom stereocenters. The number of rotatable bonds is 4. The molecule has 1 aliphatic heterocycles. The Hall–Kier alpha value is -2.58. The number of nitrogens with zero attached hydrogens (tertiary/aromatic N) is 3. The zero-order chi connectivity index (χ0) is 21.3. The van der Waals surface area contributed by atoms with Gasteiger partial charge in [0, 0.05) is 28.2 Å². The summed E-state index contributed by atoms with van der Waals surface area (Å²) in [5.74, 6) is -0.535. The van der Waals surface area contributed by atoms with Gasteiger partial charge < -0.3 is 10.4 Å². The molecule has 2 N–H and O–H groups in total. The average molecular weight is 437 g/mol. The molecule has 9 heteroatoms. The van der Waals surface area contributed by atoms with Crippen LogP contribution in [0.3, 0.4) is 0 Å². The maximum Gasteiger partial charge on any atom is 0.391 e. The summed E-state index contributed by atoms with van der Waals surface area (Å²) in [5, 5.41) is 14.8. The fourth-order valence-corrected chi connectivity index (χ4v) is 3.88. The Morgan fingerprint density at radius 2 is 1.87 bits per heavy atom. The van der Waals surface area contributed by atoms with Gasteiger partial charge in [0.2, 0.25) is 0 Å². The number of nitrogens with one attached hydrogen (secondary N) is 1. The molecule has 0 spiro atoms. The van der Waals surface area contributed by atoms with Gasteiger partial charge in [-0.05, 0) is 62.3 Å². The minimum atomic E-state index is -4.14. The summed E-state index contributed by atoms with van der Waals surface area (Å²) in [6.45, 7) is 1.07. The number of alkyl halides is 3. The molecular weight excluding hydrogens is 417 g/mol. The topological polar surface area (TPSA) is 61.3 Å². The molecule has 0 unspecified atom stereocenters. The van der Waals surface area contributed by atoms with Crippen molar-refractivity contribution in [1.29, 1.82) is 0 Å². The zero-order valence-corrected chi connectivity index (χ0v) is 16.7. The molecule has 2 aromatic carbocycles. The summed E-state index contributed by atoms with van der Waals surface area (Å²) >= 11 is 6.02. The van der Waals surface area contributed by atoms with E-state index >= 15 is 0 Å². The number of fused-ring (bicyclic) bond motifs is 1. The lowest BCUT2D eigenvalue weighted by atomic mass is 9.96. The normalized spacial score (nSPS) is 16.1. The number of halogens is 4. The molecule has 0 amide bonds. The van der Waals surface area contributed by atoms with Crippen LogP contribution in [-0.2, 0) is 6.54 Å².